The Kier molecular flexibility index (Phi) is 4.38. The van der Waals surface area contributed by atoms with Gasteiger partial charge < -0.3 is 16.4 Å². The van der Waals surface area contributed by atoms with Crippen LogP contribution in [0.25, 0.3) is 0 Å². The first-order valence-electron chi connectivity index (χ1n) is 5.22. The average molecular weight is 237 g/mol. The van der Waals surface area contributed by atoms with E-state index in [1.54, 1.807) is 13.8 Å². The van der Waals surface area contributed by atoms with Gasteiger partial charge in [0.05, 0.1) is 0 Å². The number of nitrogen functional groups attached to an aromatic ring is 1. The molecule has 1 aromatic rings. The molecular formula is C10H15N5O2. The van der Waals surface area contributed by atoms with E-state index in [-0.39, 0.29) is 17.4 Å². The van der Waals surface area contributed by atoms with E-state index in [9.17, 15) is 9.59 Å². The van der Waals surface area contributed by atoms with Gasteiger partial charge in [-0.25, -0.2) is 0 Å². The SMILES string of the molecule is CCNC(=O)C(C)NC(=O)c1ccc(N)nn1. The van der Waals surface area contributed by atoms with Gasteiger partial charge in [-0.2, -0.15) is 0 Å². The van der Waals surface area contributed by atoms with Crippen LogP contribution in [0.15, 0.2) is 12.1 Å². The third-order valence-corrected chi connectivity index (χ3v) is 2.01. The maximum Gasteiger partial charge on any atom is 0.272 e. The lowest BCUT2D eigenvalue weighted by Crippen LogP contribution is -2.44. The van der Waals surface area contributed by atoms with E-state index < -0.39 is 11.9 Å². The fourth-order valence-corrected chi connectivity index (χ4v) is 1.13. The van der Waals surface area contributed by atoms with Crippen LogP contribution in [-0.2, 0) is 4.79 Å². The van der Waals surface area contributed by atoms with Crippen LogP contribution in [0.4, 0.5) is 5.82 Å². The van der Waals surface area contributed by atoms with E-state index in [1.807, 2.05) is 0 Å². The largest absolute Gasteiger partial charge is 0.382 e. The monoisotopic (exact) mass is 237 g/mol. The molecule has 2 amide bonds. The second-order valence-electron chi connectivity index (χ2n) is 3.43. The van der Waals surface area contributed by atoms with Crippen molar-refractivity contribution in [3.63, 3.8) is 0 Å². The van der Waals surface area contributed by atoms with Crippen LogP contribution in [0.2, 0.25) is 0 Å². The number of hydrogen-bond donors (Lipinski definition) is 3. The Morgan fingerprint density at radius 3 is 2.65 bits per heavy atom. The first-order valence-corrected chi connectivity index (χ1v) is 5.22. The molecule has 0 aliphatic heterocycles. The maximum atomic E-state index is 11.6. The van der Waals surface area contributed by atoms with Gasteiger partial charge in [0.25, 0.3) is 5.91 Å². The van der Waals surface area contributed by atoms with Gasteiger partial charge >= 0.3 is 0 Å². The van der Waals surface area contributed by atoms with E-state index in [1.165, 1.54) is 12.1 Å². The zero-order valence-corrected chi connectivity index (χ0v) is 9.73. The van der Waals surface area contributed by atoms with E-state index in [0.29, 0.717) is 6.54 Å². The Bertz CT molecular complexity index is 404. The van der Waals surface area contributed by atoms with Gasteiger partial charge in [-0.3, -0.25) is 9.59 Å². The summed E-state index contributed by atoms with van der Waals surface area (Å²) in [5, 5.41) is 12.3. The third-order valence-electron chi connectivity index (χ3n) is 2.01. The molecule has 1 aromatic heterocycles. The Balaban J connectivity index is 2.60. The predicted octanol–water partition coefficient (Wildman–Crippen LogP) is -0.687. The standard InChI is InChI=1S/C10H15N5O2/c1-3-12-9(16)6(2)13-10(17)7-4-5-8(11)15-14-7/h4-6H,3H2,1-2H3,(H2,11,15)(H,12,16)(H,13,17). The summed E-state index contributed by atoms with van der Waals surface area (Å²) in [7, 11) is 0. The number of nitrogens with zero attached hydrogens (tertiary/aromatic N) is 2. The number of nitrogens with two attached hydrogens (primary N) is 1. The highest BCUT2D eigenvalue weighted by Gasteiger charge is 2.16. The fourth-order valence-electron chi connectivity index (χ4n) is 1.13. The molecule has 0 aliphatic rings. The number of amides is 2. The smallest absolute Gasteiger partial charge is 0.272 e. The molecule has 0 bridgehead atoms. The van der Waals surface area contributed by atoms with Crippen molar-refractivity contribution in [1.82, 2.24) is 20.8 Å². The minimum absolute atomic E-state index is 0.121. The lowest BCUT2D eigenvalue weighted by Gasteiger charge is -2.12. The van der Waals surface area contributed by atoms with Crippen LogP contribution in [0.3, 0.4) is 0 Å². The van der Waals surface area contributed by atoms with Gasteiger partial charge in [-0.15, -0.1) is 10.2 Å². The Hall–Kier alpha value is -2.18. The van der Waals surface area contributed by atoms with Gasteiger partial charge in [-0.05, 0) is 26.0 Å². The summed E-state index contributed by atoms with van der Waals surface area (Å²) in [5.74, 6) is -0.473. The molecule has 7 nitrogen and oxygen atoms in total. The van der Waals surface area contributed by atoms with E-state index >= 15 is 0 Å². The number of carbonyl (C=O) groups excluding carboxylic acids is 2. The average Bonchev–Trinajstić information content (AvgIpc) is 2.30. The number of anilines is 1. The highest BCUT2D eigenvalue weighted by molar-refractivity contribution is 5.95. The molecule has 0 aliphatic carbocycles. The topological polar surface area (TPSA) is 110 Å². The molecule has 0 fully saturated rings. The number of aromatic nitrogens is 2. The minimum atomic E-state index is -0.623. The molecule has 0 saturated carbocycles. The summed E-state index contributed by atoms with van der Waals surface area (Å²) in [6.45, 7) is 3.91. The maximum absolute atomic E-state index is 11.6. The lowest BCUT2D eigenvalue weighted by molar-refractivity contribution is -0.122. The van der Waals surface area contributed by atoms with Gasteiger partial charge in [0.2, 0.25) is 5.91 Å². The zero-order chi connectivity index (χ0) is 12.8. The molecule has 17 heavy (non-hydrogen) atoms. The van der Waals surface area contributed by atoms with Crippen molar-refractivity contribution in [2.24, 2.45) is 0 Å². The summed E-state index contributed by atoms with van der Waals surface area (Å²) >= 11 is 0. The molecule has 0 radical (unpaired) electrons. The zero-order valence-electron chi connectivity index (χ0n) is 9.73. The van der Waals surface area contributed by atoms with Crippen molar-refractivity contribution < 1.29 is 9.59 Å². The Morgan fingerprint density at radius 2 is 2.12 bits per heavy atom. The third kappa shape index (κ3) is 3.71. The highest BCUT2D eigenvalue weighted by atomic mass is 16.2. The van der Waals surface area contributed by atoms with Crippen LogP contribution in [0.5, 0.6) is 0 Å². The van der Waals surface area contributed by atoms with Crippen LogP contribution in [0, 0.1) is 0 Å². The Morgan fingerprint density at radius 1 is 1.41 bits per heavy atom. The number of carbonyl (C=O) groups is 2. The van der Waals surface area contributed by atoms with Crippen molar-refractivity contribution in [1.29, 1.82) is 0 Å². The molecule has 4 N–H and O–H groups in total. The Labute approximate surface area is 98.8 Å². The second-order valence-corrected chi connectivity index (χ2v) is 3.43. The molecule has 0 saturated heterocycles. The van der Waals surface area contributed by atoms with Gasteiger partial charge in [0, 0.05) is 6.54 Å². The van der Waals surface area contributed by atoms with Gasteiger partial charge in [-0.1, -0.05) is 0 Å². The first kappa shape index (κ1) is 12.9. The van der Waals surface area contributed by atoms with Crippen LogP contribution < -0.4 is 16.4 Å². The van der Waals surface area contributed by atoms with Crippen LogP contribution in [0.1, 0.15) is 24.3 Å². The molecular weight excluding hydrogens is 222 g/mol. The number of nitrogens with one attached hydrogen (secondary N) is 2. The predicted molar refractivity (Wildman–Crippen MR) is 62.1 cm³/mol. The second kappa shape index (κ2) is 5.78. The van der Waals surface area contributed by atoms with Crippen LogP contribution in [-0.4, -0.2) is 34.6 Å². The highest BCUT2D eigenvalue weighted by Crippen LogP contribution is 1.97. The molecule has 0 aromatic carbocycles. The molecule has 1 heterocycles. The molecule has 0 spiro atoms. The summed E-state index contributed by atoms with van der Waals surface area (Å²) in [4.78, 5) is 23.0. The molecule has 1 unspecified atom stereocenters. The number of rotatable bonds is 4. The van der Waals surface area contributed by atoms with Crippen molar-refractivity contribution in [3.05, 3.63) is 17.8 Å². The lowest BCUT2D eigenvalue weighted by atomic mass is 10.3. The van der Waals surface area contributed by atoms with Gasteiger partial charge in [0.15, 0.2) is 5.69 Å². The summed E-state index contributed by atoms with van der Waals surface area (Å²) < 4.78 is 0. The normalized spacial score (nSPS) is 11.6. The molecule has 7 heteroatoms. The molecule has 1 rings (SSSR count). The van der Waals surface area contributed by atoms with Crippen molar-refractivity contribution in [2.45, 2.75) is 19.9 Å². The molecule has 1 atom stereocenters. The van der Waals surface area contributed by atoms with Gasteiger partial charge in [0.1, 0.15) is 11.9 Å². The number of likely N-dealkylation sites (N-methyl/N-ethyl adjacent to an activating group) is 1. The molecule has 92 valence electrons. The summed E-state index contributed by atoms with van der Waals surface area (Å²) in [5.41, 5.74) is 5.47. The fraction of sp³-hybridized carbons (Fsp3) is 0.400. The van der Waals surface area contributed by atoms with Crippen molar-refractivity contribution >= 4 is 17.6 Å². The minimum Gasteiger partial charge on any atom is -0.382 e. The summed E-state index contributed by atoms with van der Waals surface area (Å²) in [6, 6.07) is 2.29. The van der Waals surface area contributed by atoms with Crippen molar-refractivity contribution in [3.8, 4) is 0 Å². The van der Waals surface area contributed by atoms with Crippen molar-refractivity contribution in [2.75, 3.05) is 12.3 Å². The van der Waals surface area contributed by atoms with Crippen LogP contribution >= 0.6 is 0 Å². The van der Waals surface area contributed by atoms with E-state index in [4.69, 9.17) is 5.73 Å². The van der Waals surface area contributed by atoms with E-state index in [0.717, 1.165) is 0 Å². The van der Waals surface area contributed by atoms with E-state index in [2.05, 4.69) is 20.8 Å². The quantitative estimate of drug-likeness (QED) is 0.642. The number of hydrogen-bond acceptors (Lipinski definition) is 5. The summed E-state index contributed by atoms with van der Waals surface area (Å²) in [6.07, 6.45) is 0. The first-order chi connectivity index (χ1) is 8.04.